The number of amides is 2. The molecule has 1 fully saturated rings. The van der Waals surface area contributed by atoms with E-state index in [9.17, 15) is 22.8 Å². The number of hydrogen-bond acceptors (Lipinski definition) is 2. The van der Waals surface area contributed by atoms with Crippen LogP contribution in [0.5, 0.6) is 0 Å². The molecule has 4 nitrogen and oxygen atoms in total. The first-order chi connectivity index (χ1) is 7.80. The molecule has 1 heterocycles. The van der Waals surface area contributed by atoms with Gasteiger partial charge in [-0.2, -0.15) is 13.2 Å². The van der Waals surface area contributed by atoms with Gasteiger partial charge >= 0.3 is 12.1 Å². The molecule has 0 radical (unpaired) electrons. The molecule has 98 valence electrons. The highest BCUT2D eigenvalue weighted by Gasteiger charge is 2.43. The van der Waals surface area contributed by atoms with Crippen LogP contribution in [0.3, 0.4) is 0 Å². The van der Waals surface area contributed by atoms with Gasteiger partial charge in [-0.25, -0.2) is 0 Å². The average Bonchev–Trinajstić information content (AvgIpc) is 2.25. The van der Waals surface area contributed by atoms with E-state index in [2.05, 4.69) is 5.32 Å². The van der Waals surface area contributed by atoms with Gasteiger partial charge in [-0.15, -0.1) is 0 Å². The molecule has 1 aliphatic rings. The van der Waals surface area contributed by atoms with Gasteiger partial charge in [0.25, 0.3) is 0 Å². The van der Waals surface area contributed by atoms with Crippen LogP contribution < -0.4 is 5.32 Å². The summed E-state index contributed by atoms with van der Waals surface area (Å²) < 4.78 is 36.4. The van der Waals surface area contributed by atoms with Crippen molar-refractivity contribution in [1.82, 2.24) is 10.2 Å². The number of hydrogen-bond donors (Lipinski definition) is 1. The third-order valence-corrected chi connectivity index (χ3v) is 2.78. The van der Waals surface area contributed by atoms with Crippen molar-refractivity contribution >= 4 is 11.8 Å². The van der Waals surface area contributed by atoms with Crippen molar-refractivity contribution in [1.29, 1.82) is 0 Å². The number of rotatable bonds is 2. The van der Waals surface area contributed by atoms with Crippen molar-refractivity contribution in [3.8, 4) is 0 Å². The van der Waals surface area contributed by atoms with Gasteiger partial charge in [0.05, 0.1) is 0 Å². The van der Waals surface area contributed by atoms with E-state index in [1.807, 2.05) is 0 Å². The summed E-state index contributed by atoms with van der Waals surface area (Å²) in [6.07, 6.45) is -3.81. The minimum atomic E-state index is -4.79. The van der Waals surface area contributed by atoms with E-state index < -0.39 is 12.1 Å². The lowest BCUT2D eigenvalue weighted by Gasteiger charge is -2.32. The van der Waals surface area contributed by atoms with Gasteiger partial charge in [0.1, 0.15) is 0 Å². The Balaban J connectivity index is 2.36. The van der Waals surface area contributed by atoms with Crippen molar-refractivity contribution in [2.75, 3.05) is 19.6 Å². The van der Waals surface area contributed by atoms with Crippen LogP contribution in [0.4, 0.5) is 13.2 Å². The molecule has 1 N–H and O–H groups in total. The van der Waals surface area contributed by atoms with E-state index in [0.717, 1.165) is 4.90 Å². The van der Waals surface area contributed by atoms with Crippen molar-refractivity contribution < 1.29 is 22.8 Å². The summed E-state index contributed by atoms with van der Waals surface area (Å²) in [5, 5.41) is 2.62. The van der Waals surface area contributed by atoms with Crippen LogP contribution in [-0.2, 0) is 9.59 Å². The second kappa shape index (κ2) is 5.37. The van der Waals surface area contributed by atoms with Crippen LogP contribution in [0.2, 0.25) is 0 Å². The number of alkyl halides is 3. The monoisotopic (exact) mass is 252 g/mol. The molecule has 2 amide bonds. The predicted octanol–water partition coefficient (Wildman–Crippen LogP) is 0.923. The largest absolute Gasteiger partial charge is 0.471 e. The van der Waals surface area contributed by atoms with Gasteiger partial charge in [0.2, 0.25) is 5.91 Å². The number of piperidine rings is 1. The topological polar surface area (TPSA) is 49.4 Å². The Labute approximate surface area is 97.1 Å². The van der Waals surface area contributed by atoms with E-state index in [1.165, 1.54) is 6.92 Å². The zero-order chi connectivity index (χ0) is 13.1. The van der Waals surface area contributed by atoms with Crippen LogP contribution in [-0.4, -0.2) is 42.5 Å². The molecular formula is C10H15F3N2O2. The molecule has 0 aliphatic carbocycles. The Morgan fingerprint density at radius 3 is 2.24 bits per heavy atom. The molecule has 1 rings (SSSR count). The normalized spacial score (nSPS) is 18.0. The quantitative estimate of drug-likeness (QED) is 0.794. The van der Waals surface area contributed by atoms with Gasteiger partial charge in [-0.05, 0) is 18.8 Å². The second-order valence-electron chi connectivity index (χ2n) is 4.17. The summed E-state index contributed by atoms with van der Waals surface area (Å²) in [4.78, 5) is 22.4. The maximum atomic E-state index is 12.1. The van der Waals surface area contributed by atoms with Crippen LogP contribution >= 0.6 is 0 Å². The number of nitrogens with zero attached hydrogens (tertiary/aromatic N) is 1. The summed E-state index contributed by atoms with van der Waals surface area (Å²) in [6, 6.07) is 0. The molecule has 1 saturated heterocycles. The van der Waals surface area contributed by atoms with Gasteiger partial charge in [0, 0.05) is 26.6 Å². The molecule has 0 aromatic carbocycles. The molecular weight excluding hydrogens is 237 g/mol. The van der Waals surface area contributed by atoms with E-state index >= 15 is 0 Å². The Morgan fingerprint density at radius 2 is 1.82 bits per heavy atom. The van der Waals surface area contributed by atoms with E-state index in [-0.39, 0.29) is 24.9 Å². The molecule has 7 heteroatoms. The molecule has 0 bridgehead atoms. The van der Waals surface area contributed by atoms with Crippen molar-refractivity contribution in [3.05, 3.63) is 0 Å². The Bertz CT molecular complexity index is 296. The Hall–Kier alpha value is -1.27. The first kappa shape index (κ1) is 13.8. The lowest BCUT2D eigenvalue weighted by Crippen LogP contribution is -2.46. The molecule has 0 unspecified atom stereocenters. The fourth-order valence-corrected chi connectivity index (χ4v) is 1.81. The third-order valence-electron chi connectivity index (χ3n) is 2.78. The van der Waals surface area contributed by atoms with E-state index in [1.54, 1.807) is 0 Å². The maximum absolute atomic E-state index is 12.1. The summed E-state index contributed by atoms with van der Waals surface area (Å²) in [6.45, 7) is 2.05. The van der Waals surface area contributed by atoms with Crippen LogP contribution in [0.1, 0.15) is 19.8 Å². The molecule has 0 aromatic rings. The number of halogens is 3. The average molecular weight is 252 g/mol. The lowest BCUT2D eigenvalue weighted by molar-refractivity contribution is -0.186. The highest BCUT2D eigenvalue weighted by molar-refractivity contribution is 5.81. The summed E-state index contributed by atoms with van der Waals surface area (Å²) >= 11 is 0. The standard InChI is InChI=1S/C10H15F3N2O2/c1-7(16)14-6-8-2-4-15(5-3-8)9(17)10(11,12)13/h8H,2-6H2,1H3,(H,14,16). The first-order valence-corrected chi connectivity index (χ1v) is 5.41. The highest BCUT2D eigenvalue weighted by Crippen LogP contribution is 2.23. The van der Waals surface area contributed by atoms with Crippen LogP contribution in [0.15, 0.2) is 0 Å². The van der Waals surface area contributed by atoms with Crippen molar-refractivity contribution in [2.24, 2.45) is 5.92 Å². The molecule has 17 heavy (non-hydrogen) atoms. The maximum Gasteiger partial charge on any atom is 0.471 e. The molecule has 0 saturated carbocycles. The number of carbonyl (C=O) groups excluding carboxylic acids is 2. The third kappa shape index (κ3) is 4.24. The fraction of sp³-hybridized carbons (Fsp3) is 0.800. The van der Waals surface area contributed by atoms with Gasteiger partial charge in [0.15, 0.2) is 0 Å². The number of carbonyl (C=O) groups is 2. The lowest BCUT2D eigenvalue weighted by atomic mass is 9.96. The zero-order valence-corrected chi connectivity index (χ0v) is 9.51. The minimum absolute atomic E-state index is 0.0998. The summed E-state index contributed by atoms with van der Waals surface area (Å²) in [5.74, 6) is -1.77. The Kier molecular flexibility index (Phi) is 4.36. The second-order valence-corrected chi connectivity index (χ2v) is 4.17. The predicted molar refractivity (Wildman–Crippen MR) is 54.0 cm³/mol. The van der Waals surface area contributed by atoms with E-state index in [4.69, 9.17) is 0 Å². The zero-order valence-electron chi connectivity index (χ0n) is 9.51. The first-order valence-electron chi connectivity index (χ1n) is 5.41. The van der Waals surface area contributed by atoms with E-state index in [0.29, 0.717) is 19.4 Å². The SMILES string of the molecule is CC(=O)NCC1CCN(C(=O)C(F)(F)F)CC1. The Morgan fingerprint density at radius 1 is 1.29 bits per heavy atom. The molecule has 0 atom stereocenters. The van der Waals surface area contributed by atoms with Gasteiger partial charge in [-0.1, -0.05) is 0 Å². The number of nitrogens with one attached hydrogen (secondary N) is 1. The fourth-order valence-electron chi connectivity index (χ4n) is 1.81. The number of likely N-dealkylation sites (tertiary alicyclic amines) is 1. The van der Waals surface area contributed by atoms with Crippen molar-refractivity contribution in [2.45, 2.75) is 25.9 Å². The minimum Gasteiger partial charge on any atom is -0.356 e. The van der Waals surface area contributed by atoms with Crippen LogP contribution in [0.25, 0.3) is 0 Å². The van der Waals surface area contributed by atoms with Crippen molar-refractivity contribution in [3.63, 3.8) is 0 Å². The van der Waals surface area contributed by atoms with Gasteiger partial charge < -0.3 is 10.2 Å². The van der Waals surface area contributed by atoms with Crippen LogP contribution in [0, 0.1) is 5.92 Å². The molecule has 1 aliphatic heterocycles. The molecule has 0 aromatic heterocycles. The summed E-state index contributed by atoms with van der Waals surface area (Å²) in [5.41, 5.74) is 0. The molecule has 0 spiro atoms. The van der Waals surface area contributed by atoms with Gasteiger partial charge in [-0.3, -0.25) is 9.59 Å². The smallest absolute Gasteiger partial charge is 0.356 e. The summed E-state index contributed by atoms with van der Waals surface area (Å²) in [7, 11) is 0. The highest BCUT2D eigenvalue weighted by atomic mass is 19.4.